The molecule has 0 aliphatic carbocycles. The molecule has 1 saturated heterocycles. The van der Waals surface area contributed by atoms with Gasteiger partial charge in [-0.1, -0.05) is 13.8 Å². The number of rotatable bonds is 7. The number of carbonyl (C=O) groups is 1. The molecule has 0 N–H and O–H groups in total. The number of piperidine rings is 1. The van der Waals surface area contributed by atoms with Gasteiger partial charge in [0.15, 0.2) is 0 Å². The maximum Gasteiger partial charge on any atom is 0.281 e. The van der Waals surface area contributed by atoms with Crippen molar-refractivity contribution in [1.29, 1.82) is 0 Å². The fraction of sp³-hybridized carbons (Fsp3) is 0.917. The first kappa shape index (κ1) is 15.6. The first-order valence-corrected chi connectivity index (χ1v) is 8.16. The normalized spacial score (nSPS) is 22.3. The molecule has 1 atom stereocenters. The highest BCUT2D eigenvalue weighted by molar-refractivity contribution is 7.86. The molecule has 1 rings (SSSR count). The van der Waals surface area contributed by atoms with Gasteiger partial charge in [-0.25, -0.2) is 0 Å². The molecule has 0 aromatic heterocycles. The zero-order valence-electron chi connectivity index (χ0n) is 11.3. The molecule has 106 valence electrons. The molecule has 0 spiro atoms. The van der Waals surface area contributed by atoms with Crippen molar-refractivity contribution in [3.63, 3.8) is 0 Å². The summed E-state index contributed by atoms with van der Waals surface area (Å²) in [4.78, 5) is 10.8. The van der Waals surface area contributed by atoms with E-state index in [4.69, 9.17) is 0 Å². The lowest BCUT2D eigenvalue weighted by molar-refractivity contribution is -0.112. The summed E-state index contributed by atoms with van der Waals surface area (Å²) in [6, 6.07) is 0. The van der Waals surface area contributed by atoms with Crippen molar-refractivity contribution in [2.45, 2.75) is 39.5 Å². The van der Waals surface area contributed by atoms with Crippen LogP contribution in [0.1, 0.15) is 39.5 Å². The Balaban J connectivity index is 2.78. The van der Waals surface area contributed by atoms with Crippen molar-refractivity contribution < 1.29 is 13.2 Å². The van der Waals surface area contributed by atoms with E-state index in [2.05, 4.69) is 0 Å². The van der Waals surface area contributed by atoms with E-state index >= 15 is 0 Å². The first-order chi connectivity index (χ1) is 8.56. The highest BCUT2D eigenvalue weighted by atomic mass is 32.2. The third-order valence-corrected chi connectivity index (χ3v) is 5.21. The highest BCUT2D eigenvalue weighted by Gasteiger charge is 2.32. The fourth-order valence-corrected chi connectivity index (χ4v) is 4.19. The minimum absolute atomic E-state index is 0.140. The predicted molar refractivity (Wildman–Crippen MR) is 71.4 cm³/mol. The van der Waals surface area contributed by atoms with Crippen LogP contribution in [0.15, 0.2) is 0 Å². The van der Waals surface area contributed by atoms with Crippen molar-refractivity contribution >= 4 is 16.5 Å². The fourth-order valence-electron chi connectivity index (χ4n) is 2.30. The van der Waals surface area contributed by atoms with Crippen molar-refractivity contribution in [2.24, 2.45) is 5.92 Å². The predicted octanol–water partition coefficient (Wildman–Crippen LogP) is 1.26. The summed E-state index contributed by atoms with van der Waals surface area (Å²) in [6.45, 7) is 5.94. The minimum atomic E-state index is -3.38. The van der Waals surface area contributed by atoms with Gasteiger partial charge in [0.05, 0.1) is 0 Å². The van der Waals surface area contributed by atoms with Crippen LogP contribution in [0.3, 0.4) is 0 Å². The number of carbonyl (C=O) groups excluding carboxylic acids is 1. The maximum atomic E-state index is 12.5. The van der Waals surface area contributed by atoms with Crippen LogP contribution >= 0.6 is 0 Å². The number of nitrogens with zero attached hydrogens (tertiary/aromatic N) is 2. The molecule has 18 heavy (non-hydrogen) atoms. The molecule has 1 aliphatic rings. The van der Waals surface area contributed by atoms with Crippen LogP contribution in [0.5, 0.6) is 0 Å². The van der Waals surface area contributed by atoms with E-state index in [1.165, 1.54) is 4.31 Å². The average molecular weight is 276 g/mol. The van der Waals surface area contributed by atoms with Crippen LogP contribution in [-0.4, -0.2) is 49.5 Å². The summed E-state index contributed by atoms with van der Waals surface area (Å²) in [7, 11) is -3.38. The van der Waals surface area contributed by atoms with Gasteiger partial charge in [-0.2, -0.15) is 17.0 Å². The molecule has 6 heteroatoms. The third kappa shape index (κ3) is 3.76. The Morgan fingerprint density at radius 2 is 1.89 bits per heavy atom. The summed E-state index contributed by atoms with van der Waals surface area (Å²) in [5.41, 5.74) is 0. The Hall–Kier alpha value is -0.460. The van der Waals surface area contributed by atoms with Gasteiger partial charge in [-0.3, -0.25) is 0 Å². The standard InChI is InChI=1S/C12H24N2O3S/c1-3-7-13(8-4-2)18(16,17)14-9-5-6-12(10-14)11-15/h11-12H,3-10H2,1-2H3. The number of aldehydes is 1. The number of hydrogen-bond acceptors (Lipinski definition) is 3. The van der Waals surface area contributed by atoms with Crippen molar-refractivity contribution in [1.82, 2.24) is 8.61 Å². The lowest BCUT2D eigenvalue weighted by Gasteiger charge is -2.33. The summed E-state index contributed by atoms with van der Waals surface area (Å²) in [5.74, 6) is -0.140. The molecule has 0 saturated carbocycles. The van der Waals surface area contributed by atoms with Crippen LogP contribution in [0.25, 0.3) is 0 Å². The number of hydrogen-bond donors (Lipinski definition) is 0. The van der Waals surface area contributed by atoms with E-state index in [-0.39, 0.29) is 5.92 Å². The molecule has 1 heterocycles. The molecule has 0 aromatic rings. The topological polar surface area (TPSA) is 57.7 Å². The molecular weight excluding hydrogens is 252 g/mol. The van der Waals surface area contributed by atoms with Crippen LogP contribution < -0.4 is 0 Å². The molecule has 1 aliphatic heterocycles. The van der Waals surface area contributed by atoms with Crippen molar-refractivity contribution in [3.05, 3.63) is 0 Å². The van der Waals surface area contributed by atoms with Gasteiger partial charge in [0.1, 0.15) is 6.29 Å². The van der Waals surface area contributed by atoms with Crippen LogP contribution in [0.4, 0.5) is 0 Å². The lowest BCUT2D eigenvalue weighted by atomic mass is 10.0. The first-order valence-electron chi connectivity index (χ1n) is 6.76. The van der Waals surface area contributed by atoms with Gasteiger partial charge in [0.25, 0.3) is 10.2 Å². The second-order valence-corrected chi connectivity index (χ2v) is 6.73. The average Bonchev–Trinajstić information content (AvgIpc) is 2.38. The zero-order chi connectivity index (χ0) is 13.6. The Morgan fingerprint density at radius 1 is 1.28 bits per heavy atom. The largest absolute Gasteiger partial charge is 0.303 e. The second kappa shape index (κ2) is 7.21. The molecule has 0 radical (unpaired) electrons. The molecule has 1 unspecified atom stereocenters. The van der Waals surface area contributed by atoms with E-state index < -0.39 is 10.2 Å². The summed E-state index contributed by atoms with van der Waals surface area (Å²) in [5, 5.41) is 0. The summed E-state index contributed by atoms with van der Waals surface area (Å²) >= 11 is 0. The quantitative estimate of drug-likeness (QED) is 0.658. The molecule has 1 fully saturated rings. The zero-order valence-corrected chi connectivity index (χ0v) is 12.2. The van der Waals surface area contributed by atoms with Crippen LogP contribution in [0, 0.1) is 5.92 Å². The molecule has 5 nitrogen and oxygen atoms in total. The SMILES string of the molecule is CCCN(CCC)S(=O)(=O)N1CCCC(C=O)C1. The summed E-state index contributed by atoms with van der Waals surface area (Å²) < 4.78 is 27.9. The minimum Gasteiger partial charge on any atom is -0.303 e. The van der Waals surface area contributed by atoms with Crippen molar-refractivity contribution in [2.75, 3.05) is 26.2 Å². The monoisotopic (exact) mass is 276 g/mol. The highest BCUT2D eigenvalue weighted by Crippen LogP contribution is 2.20. The lowest BCUT2D eigenvalue weighted by Crippen LogP contribution is -2.48. The van der Waals surface area contributed by atoms with E-state index in [1.807, 2.05) is 13.8 Å². The van der Waals surface area contributed by atoms with Crippen molar-refractivity contribution in [3.8, 4) is 0 Å². The van der Waals surface area contributed by atoms with Gasteiger partial charge in [0.2, 0.25) is 0 Å². The van der Waals surface area contributed by atoms with E-state index in [0.717, 1.165) is 32.0 Å². The molecule has 0 aromatic carbocycles. The molecule has 0 amide bonds. The Labute approximate surface area is 110 Å². The van der Waals surface area contributed by atoms with Gasteiger partial charge in [-0.15, -0.1) is 0 Å². The smallest absolute Gasteiger partial charge is 0.281 e. The van der Waals surface area contributed by atoms with E-state index in [9.17, 15) is 13.2 Å². The Morgan fingerprint density at radius 3 is 2.39 bits per heavy atom. The maximum absolute atomic E-state index is 12.5. The van der Waals surface area contributed by atoms with Crippen LogP contribution in [0.2, 0.25) is 0 Å². The van der Waals surface area contributed by atoms with E-state index in [1.54, 1.807) is 4.31 Å². The van der Waals surface area contributed by atoms with E-state index in [0.29, 0.717) is 26.2 Å². The summed E-state index contributed by atoms with van der Waals surface area (Å²) in [6.07, 6.45) is 4.08. The molecular formula is C12H24N2O3S. The van der Waals surface area contributed by atoms with Gasteiger partial charge in [0, 0.05) is 32.1 Å². The van der Waals surface area contributed by atoms with Gasteiger partial charge in [-0.05, 0) is 25.7 Å². The Kier molecular flexibility index (Phi) is 6.25. The third-order valence-electron chi connectivity index (χ3n) is 3.21. The Bertz CT molecular complexity index is 350. The second-order valence-electron chi connectivity index (χ2n) is 4.80. The molecule has 0 bridgehead atoms. The van der Waals surface area contributed by atoms with Crippen LogP contribution in [-0.2, 0) is 15.0 Å². The van der Waals surface area contributed by atoms with Gasteiger partial charge >= 0.3 is 0 Å². The van der Waals surface area contributed by atoms with Gasteiger partial charge < -0.3 is 4.79 Å².